The van der Waals surface area contributed by atoms with E-state index in [4.69, 9.17) is 14.6 Å². The Morgan fingerprint density at radius 3 is 2.72 bits per heavy atom. The number of aliphatic hydroxyl groups excluding tert-OH is 3. The van der Waals surface area contributed by atoms with Crippen molar-refractivity contribution in [2.24, 2.45) is 0 Å². The lowest BCUT2D eigenvalue weighted by Crippen LogP contribution is -2.33. The van der Waals surface area contributed by atoms with Gasteiger partial charge in [0.25, 0.3) is 0 Å². The van der Waals surface area contributed by atoms with Gasteiger partial charge in [0.1, 0.15) is 12.2 Å². The first-order valence-corrected chi connectivity index (χ1v) is 14.0. The van der Waals surface area contributed by atoms with E-state index in [-0.39, 0.29) is 44.8 Å². The Morgan fingerprint density at radius 2 is 1.95 bits per heavy atom. The summed E-state index contributed by atoms with van der Waals surface area (Å²) in [5.41, 5.74) is 1.53. The molecule has 5 rings (SSSR count). The first-order chi connectivity index (χ1) is 18.9. The summed E-state index contributed by atoms with van der Waals surface area (Å²) in [6, 6.07) is 3.26. The van der Waals surface area contributed by atoms with Crippen molar-refractivity contribution in [3.63, 3.8) is 0 Å². The fourth-order valence-corrected chi connectivity index (χ4v) is 5.53. The zero-order valence-corrected chi connectivity index (χ0v) is 22.2. The van der Waals surface area contributed by atoms with Crippen molar-refractivity contribution in [3.8, 4) is 0 Å². The zero-order chi connectivity index (χ0) is 27.5. The summed E-state index contributed by atoms with van der Waals surface area (Å²) in [6.45, 7) is 2.62. The summed E-state index contributed by atoms with van der Waals surface area (Å²) in [5, 5.41) is 42.7. The van der Waals surface area contributed by atoms with Crippen LogP contribution < -0.4 is 5.32 Å². The highest BCUT2D eigenvalue weighted by Gasteiger charge is 2.45. The molecule has 0 aliphatic heterocycles. The van der Waals surface area contributed by atoms with Crippen molar-refractivity contribution < 1.29 is 33.6 Å². The van der Waals surface area contributed by atoms with Gasteiger partial charge in [0.05, 0.1) is 38.6 Å². The molecular formula is C25H32F2N6O5S. The van der Waals surface area contributed by atoms with Crippen molar-refractivity contribution in [3.05, 3.63) is 35.4 Å². The van der Waals surface area contributed by atoms with Gasteiger partial charge in [-0.15, -0.1) is 5.10 Å². The number of hydrogen-bond donors (Lipinski definition) is 4. The molecular weight excluding hydrogens is 534 g/mol. The third kappa shape index (κ3) is 6.15. The van der Waals surface area contributed by atoms with Gasteiger partial charge in [-0.25, -0.2) is 23.4 Å². The number of benzene rings is 1. The van der Waals surface area contributed by atoms with Crippen molar-refractivity contribution in [1.29, 1.82) is 0 Å². The predicted octanol–water partition coefficient (Wildman–Crippen LogP) is 2.03. The molecule has 0 spiro atoms. The number of anilines is 1. The molecule has 11 nitrogen and oxygen atoms in total. The molecule has 1 aromatic carbocycles. The molecule has 0 radical (unpaired) electrons. The van der Waals surface area contributed by atoms with E-state index in [1.54, 1.807) is 6.07 Å². The molecule has 212 valence electrons. The zero-order valence-electron chi connectivity index (χ0n) is 21.4. The van der Waals surface area contributed by atoms with E-state index >= 15 is 0 Å². The van der Waals surface area contributed by atoms with Crippen molar-refractivity contribution in [1.82, 2.24) is 25.0 Å². The second-order valence-electron chi connectivity index (χ2n) is 9.71. The van der Waals surface area contributed by atoms with E-state index in [1.165, 1.54) is 22.5 Å². The van der Waals surface area contributed by atoms with Crippen LogP contribution >= 0.6 is 11.8 Å². The van der Waals surface area contributed by atoms with Gasteiger partial charge in [0, 0.05) is 24.1 Å². The predicted molar refractivity (Wildman–Crippen MR) is 139 cm³/mol. The number of rotatable bonds is 13. The van der Waals surface area contributed by atoms with E-state index in [1.807, 2.05) is 0 Å². The minimum atomic E-state index is -1.16. The molecule has 2 aromatic heterocycles. The lowest BCUT2D eigenvalue weighted by molar-refractivity contribution is -0.0698. The van der Waals surface area contributed by atoms with Gasteiger partial charge < -0.3 is 30.1 Å². The molecule has 0 unspecified atom stereocenters. The maximum atomic E-state index is 13.8. The molecule has 2 heterocycles. The summed E-state index contributed by atoms with van der Waals surface area (Å²) in [6.07, 6.45) is -1.01. The van der Waals surface area contributed by atoms with Gasteiger partial charge in [-0.2, -0.15) is 0 Å². The molecule has 0 bridgehead atoms. The lowest BCUT2D eigenvalue weighted by Gasteiger charge is -2.17. The molecule has 6 atom stereocenters. The molecule has 0 saturated heterocycles. The van der Waals surface area contributed by atoms with E-state index in [0.717, 1.165) is 24.7 Å². The monoisotopic (exact) mass is 566 g/mol. The molecule has 0 amide bonds. The smallest absolute Gasteiger partial charge is 0.191 e. The van der Waals surface area contributed by atoms with Gasteiger partial charge in [-0.1, -0.05) is 30.0 Å². The lowest BCUT2D eigenvalue weighted by atomic mass is 10.1. The minimum absolute atomic E-state index is 0.00188. The number of thioether (sulfide) groups is 1. The molecule has 2 aliphatic carbocycles. The van der Waals surface area contributed by atoms with E-state index < -0.39 is 36.0 Å². The Hall–Kier alpha value is -2.49. The topological polar surface area (TPSA) is 148 Å². The Morgan fingerprint density at radius 1 is 1.10 bits per heavy atom. The van der Waals surface area contributed by atoms with Crippen LogP contribution in [0.2, 0.25) is 0 Å². The van der Waals surface area contributed by atoms with Gasteiger partial charge in [-0.3, -0.25) is 0 Å². The van der Waals surface area contributed by atoms with Crippen LogP contribution in [-0.2, 0) is 9.47 Å². The van der Waals surface area contributed by atoms with Gasteiger partial charge in [0.15, 0.2) is 33.8 Å². The number of fused-ring (bicyclic) bond motifs is 1. The standard InChI is InChI=1S/C25H32F2N6O5S/c1-2-9-39-25-29-23(28-17-11-14(17)13-3-4-15(26)16(27)10-13)20-24(30-25)33(32-31-20)18-12-19(22(36)21(18)35)38-8-7-37-6-5-34/h3-4,10,14,17-19,21-22,34-36H,2,5-9,11-12H2,1H3,(H,28,29,30)/t14-,17+,18+,19-,21-,22+/m0/s1. The quantitative estimate of drug-likeness (QED) is 0.137. The molecule has 2 aliphatic rings. The Kier molecular flexibility index (Phi) is 8.89. The van der Waals surface area contributed by atoms with Crippen molar-refractivity contribution >= 4 is 28.7 Å². The summed E-state index contributed by atoms with van der Waals surface area (Å²) >= 11 is 1.48. The summed E-state index contributed by atoms with van der Waals surface area (Å²) < 4.78 is 39.6. The van der Waals surface area contributed by atoms with Crippen LogP contribution in [0, 0.1) is 11.6 Å². The van der Waals surface area contributed by atoms with Crippen molar-refractivity contribution in [2.75, 3.05) is 37.5 Å². The largest absolute Gasteiger partial charge is 0.394 e. The van der Waals surface area contributed by atoms with Crippen molar-refractivity contribution in [2.45, 2.75) is 67.7 Å². The van der Waals surface area contributed by atoms with E-state index in [9.17, 15) is 19.0 Å². The first kappa shape index (κ1) is 28.1. The van der Waals surface area contributed by atoms with Crippen LogP contribution in [0.15, 0.2) is 23.4 Å². The fraction of sp³-hybridized carbons (Fsp3) is 0.600. The maximum absolute atomic E-state index is 13.8. The molecule has 39 heavy (non-hydrogen) atoms. The molecule has 3 aromatic rings. The Bertz CT molecular complexity index is 1290. The Labute approximate surface area is 227 Å². The second kappa shape index (κ2) is 12.4. The van der Waals surface area contributed by atoms with Crippen LogP contribution in [0.3, 0.4) is 0 Å². The average Bonchev–Trinajstić information content (AvgIpc) is 3.47. The molecule has 2 saturated carbocycles. The van der Waals surface area contributed by atoms with Crippen LogP contribution in [0.4, 0.5) is 14.6 Å². The van der Waals surface area contributed by atoms with Gasteiger partial charge in [-0.05, 0) is 30.5 Å². The first-order valence-electron chi connectivity index (χ1n) is 13.0. The second-order valence-corrected chi connectivity index (χ2v) is 10.8. The number of aromatic nitrogens is 5. The Balaban J connectivity index is 1.36. The number of halogens is 2. The summed E-state index contributed by atoms with van der Waals surface area (Å²) in [5.74, 6) is -0.481. The van der Waals surface area contributed by atoms with Crippen LogP contribution in [0.1, 0.15) is 43.7 Å². The fourth-order valence-electron chi connectivity index (χ4n) is 4.83. The highest BCUT2D eigenvalue weighted by molar-refractivity contribution is 7.99. The molecule has 14 heteroatoms. The van der Waals surface area contributed by atoms with E-state index in [0.29, 0.717) is 27.7 Å². The maximum Gasteiger partial charge on any atom is 0.191 e. The molecule has 2 fully saturated rings. The molecule has 4 N–H and O–H groups in total. The highest BCUT2D eigenvalue weighted by Crippen LogP contribution is 2.44. The number of hydrogen-bond acceptors (Lipinski definition) is 11. The average molecular weight is 567 g/mol. The summed E-state index contributed by atoms with van der Waals surface area (Å²) in [7, 11) is 0. The third-order valence-electron chi connectivity index (χ3n) is 6.93. The number of aliphatic hydroxyl groups is 3. The van der Waals surface area contributed by atoms with E-state index in [2.05, 4.69) is 32.5 Å². The highest BCUT2D eigenvalue weighted by atomic mass is 32.2. The third-order valence-corrected chi connectivity index (χ3v) is 7.98. The van der Waals surface area contributed by atoms with Crippen LogP contribution in [-0.4, -0.2) is 96.8 Å². The van der Waals surface area contributed by atoms with Gasteiger partial charge >= 0.3 is 0 Å². The van der Waals surface area contributed by atoms with Crippen LogP contribution in [0.5, 0.6) is 0 Å². The normalized spacial score (nSPS) is 26.4. The number of nitrogens with zero attached hydrogens (tertiary/aromatic N) is 5. The number of nitrogens with one attached hydrogen (secondary N) is 1. The van der Waals surface area contributed by atoms with Crippen LogP contribution in [0.25, 0.3) is 11.2 Å². The minimum Gasteiger partial charge on any atom is -0.394 e. The SMILES string of the molecule is CCCSc1nc(N[C@@H]2C[C@H]2c2ccc(F)c(F)c2)c2nnn([C@@H]3C[C@H](OCCOCCO)[C@@H](O)[C@H]3O)c2n1. The summed E-state index contributed by atoms with van der Waals surface area (Å²) in [4.78, 5) is 9.32. The number of ether oxygens (including phenoxy) is 2. The van der Waals surface area contributed by atoms with Gasteiger partial charge in [0.2, 0.25) is 0 Å².